The smallest absolute Gasteiger partial charge is 0.408 e. The molecule has 1 N–H and O–H groups in total. The Morgan fingerprint density at radius 3 is 2.45 bits per heavy atom. The van der Waals surface area contributed by atoms with Crippen LogP contribution in [0.2, 0.25) is 0 Å². The molecule has 11 nitrogen and oxygen atoms in total. The number of ether oxygens (including phenoxy) is 2. The first-order valence-electron chi connectivity index (χ1n) is 15.5. The summed E-state index contributed by atoms with van der Waals surface area (Å²) in [5.41, 5.74) is -0.700. The normalized spacial score (nSPS) is 26.9. The van der Waals surface area contributed by atoms with Crippen LogP contribution in [0.25, 0.3) is 0 Å². The van der Waals surface area contributed by atoms with E-state index >= 15 is 0 Å². The second-order valence-electron chi connectivity index (χ2n) is 13.6. The third kappa shape index (κ3) is 7.76. The van der Waals surface area contributed by atoms with Gasteiger partial charge in [-0.05, 0) is 37.0 Å². The maximum absolute atomic E-state index is 14.2. The van der Waals surface area contributed by atoms with E-state index in [1.54, 1.807) is 0 Å². The Kier molecular flexibility index (Phi) is 10.1. The van der Waals surface area contributed by atoms with Gasteiger partial charge in [-0.1, -0.05) is 46.2 Å². The average molecular weight is 590 g/mol. The van der Waals surface area contributed by atoms with Crippen molar-refractivity contribution in [3.63, 3.8) is 0 Å². The SMILES string of the molecule is CCC[C@H](CC(=O)[C@@H]1C[C@]2(CC(CC)=NO2)CN1C(=O)[C@@H](NC(=O)O[C@@H]1CCOC1)C(C)(C)C)C(=O)C(=O)CC1CC1. The van der Waals surface area contributed by atoms with E-state index in [0.29, 0.717) is 45.3 Å². The summed E-state index contributed by atoms with van der Waals surface area (Å²) in [4.78, 5) is 74.1. The highest BCUT2D eigenvalue weighted by Crippen LogP contribution is 2.40. The highest BCUT2D eigenvalue weighted by atomic mass is 16.7. The Balaban J connectivity index is 1.54. The summed E-state index contributed by atoms with van der Waals surface area (Å²) < 4.78 is 10.8. The summed E-state index contributed by atoms with van der Waals surface area (Å²) in [7, 11) is 0. The number of carbonyl (C=O) groups is 5. The van der Waals surface area contributed by atoms with Crippen molar-refractivity contribution in [3.8, 4) is 0 Å². The molecule has 1 spiro atoms. The van der Waals surface area contributed by atoms with E-state index in [9.17, 15) is 24.0 Å². The number of amides is 2. The summed E-state index contributed by atoms with van der Waals surface area (Å²) in [6.07, 6.45) is 4.04. The highest BCUT2D eigenvalue weighted by molar-refractivity contribution is 6.38. The molecular formula is C31H47N3O8. The van der Waals surface area contributed by atoms with Crippen LogP contribution in [0, 0.1) is 17.3 Å². The second-order valence-corrected chi connectivity index (χ2v) is 13.6. The number of ketones is 3. The fraction of sp³-hybridized carbons (Fsp3) is 0.806. The molecule has 0 aromatic carbocycles. The first-order valence-corrected chi connectivity index (χ1v) is 15.5. The lowest BCUT2D eigenvalue weighted by Crippen LogP contribution is -2.57. The number of Topliss-reactive ketones (excluding diaryl/α,β-unsaturated/α-hetero) is 3. The van der Waals surface area contributed by atoms with Crippen LogP contribution in [-0.4, -0.2) is 83.5 Å². The quantitative estimate of drug-likeness (QED) is 0.320. The molecule has 3 aliphatic heterocycles. The molecule has 2 amide bonds. The minimum Gasteiger partial charge on any atom is -0.444 e. The topological polar surface area (TPSA) is 141 Å². The zero-order valence-electron chi connectivity index (χ0n) is 25.7. The second kappa shape index (κ2) is 13.2. The van der Waals surface area contributed by atoms with Gasteiger partial charge in [0.15, 0.2) is 17.2 Å². The van der Waals surface area contributed by atoms with Crippen molar-refractivity contribution >= 4 is 35.1 Å². The molecule has 1 aliphatic carbocycles. The number of hydrogen-bond donors (Lipinski definition) is 1. The van der Waals surface area contributed by atoms with Gasteiger partial charge in [-0.15, -0.1) is 0 Å². The third-order valence-corrected chi connectivity index (χ3v) is 8.80. The fourth-order valence-corrected chi connectivity index (χ4v) is 6.14. The molecule has 0 radical (unpaired) electrons. The largest absolute Gasteiger partial charge is 0.444 e. The van der Waals surface area contributed by atoms with E-state index in [1.165, 1.54) is 4.90 Å². The Morgan fingerprint density at radius 2 is 1.88 bits per heavy atom. The van der Waals surface area contributed by atoms with E-state index < -0.39 is 52.6 Å². The Hall–Kier alpha value is -2.82. The van der Waals surface area contributed by atoms with Gasteiger partial charge < -0.3 is 24.5 Å². The molecule has 4 aliphatic rings. The Morgan fingerprint density at radius 1 is 1.14 bits per heavy atom. The van der Waals surface area contributed by atoms with Crippen LogP contribution in [0.5, 0.6) is 0 Å². The average Bonchev–Trinajstić information content (AvgIpc) is 3.29. The van der Waals surface area contributed by atoms with Gasteiger partial charge in [-0.2, -0.15) is 0 Å². The molecule has 0 bridgehead atoms. The van der Waals surface area contributed by atoms with Crippen LogP contribution >= 0.6 is 0 Å². The Bertz CT molecular complexity index is 1090. The third-order valence-electron chi connectivity index (χ3n) is 8.80. The monoisotopic (exact) mass is 589 g/mol. The van der Waals surface area contributed by atoms with E-state index in [1.807, 2.05) is 34.6 Å². The predicted octanol–water partition coefficient (Wildman–Crippen LogP) is 3.76. The summed E-state index contributed by atoms with van der Waals surface area (Å²) >= 11 is 0. The molecule has 5 atom stereocenters. The molecule has 0 unspecified atom stereocenters. The fourth-order valence-electron chi connectivity index (χ4n) is 6.14. The van der Waals surface area contributed by atoms with E-state index in [4.69, 9.17) is 14.3 Å². The minimum atomic E-state index is -0.987. The summed E-state index contributed by atoms with van der Waals surface area (Å²) in [5.74, 6) is -2.02. The van der Waals surface area contributed by atoms with E-state index in [0.717, 1.165) is 18.6 Å². The maximum atomic E-state index is 14.2. The number of nitrogens with one attached hydrogen (secondary N) is 1. The number of likely N-dealkylation sites (tertiary alicyclic amines) is 1. The molecule has 4 rings (SSSR count). The van der Waals surface area contributed by atoms with E-state index in [2.05, 4.69) is 10.5 Å². The predicted molar refractivity (Wildman–Crippen MR) is 154 cm³/mol. The molecule has 2 saturated heterocycles. The van der Waals surface area contributed by atoms with Gasteiger partial charge in [0.1, 0.15) is 12.1 Å². The van der Waals surface area contributed by atoms with Crippen molar-refractivity contribution in [2.45, 2.75) is 123 Å². The number of alkyl carbamates (subject to hydrolysis) is 1. The minimum absolute atomic E-state index is 0.119. The van der Waals surface area contributed by atoms with Crippen molar-refractivity contribution in [2.75, 3.05) is 19.8 Å². The standard InChI is InChI=1S/C31H47N3O8/c1-6-8-20(26(37)25(36)13-19-9-10-19)14-24(35)23-16-31(15-21(7-2)33-42-31)18-34(23)28(38)27(30(3,4)5)32-29(39)41-22-11-12-40-17-22/h19-20,22-23,27H,6-18H2,1-5H3,(H,32,39)/t20-,22-,23+,27-,31-/m1/s1. The molecule has 3 heterocycles. The van der Waals surface area contributed by atoms with Crippen LogP contribution < -0.4 is 5.32 Å². The molecular weight excluding hydrogens is 542 g/mol. The van der Waals surface area contributed by atoms with Gasteiger partial charge in [-0.3, -0.25) is 19.2 Å². The molecule has 234 valence electrons. The lowest BCUT2D eigenvalue weighted by atomic mass is 9.84. The number of rotatable bonds is 13. The number of carbonyl (C=O) groups excluding carboxylic acids is 5. The van der Waals surface area contributed by atoms with Crippen molar-refractivity contribution < 1.29 is 38.3 Å². The lowest BCUT2D eigenvalue weighted by molar-refractivity contribution is -0.143. The first-order chi connectivity index (χ1) is 19.9. The molecule has 3 fully saturated rings. The lowest BCUT2D eigenvalue weighted by Gasteiger charge is -2.35. The van der Waals surface area contributed by atoms with Crippen LogP contribution in [0.4, 0.5) is 4.79 Å². The van der Waals surface area contributed by atoms with Crippen LogP contribution in [0.3, 0.4) is 0 Å². The molecule has 0 aromatic heterocycles. The van der Waals surface area contributed by atoms with Gasteiger partial charge in [0.2, 0.25) is 11.7 Å². The van der Waals surface area contributed by atoms with Gasteiger partial charge in [-0.25, -0.2) is 4.79 Å². The zero-order chi connectivity index (χ0) is 30.7. The maximum Gasteiger partial charge on any atom is 0.408 e. The van der Waals surface area contributed by atoms with Crippen molar-refractivity contribution in [1.82, 2.24) is 10.2 Å². The molecule has 0 aromatic rings. The Labute approximate surface area is 248 Å². The van der Waals surface area contributed by atoms with Crippen molar-refractivity contribution in [3.05, 3.63) is 0 Å². The molecule has 42 heavy (non-hydrogen) atoms. The van der Waals surface area contributed by atoms with Gasteiger partial charge >= 0.3 is 6.09 Å². The molecule has 1 saturated carbocycles. The van der Waals surface area contributed by atoms with Crippen LogP contribution in [0.15, 0.2) is 5.16 Å². The van der Waals surface area contributed by atoms with Gasteiger partial charge in [0, 0.05) is 38.0 Å². The molecule has 11 heteroatoms. The summed E-state index contributed by atoms with van der Waals surface area (Å²) in [6.45, 7) is 10.3. The van der Waals surface area contributed by atoms with Gasteiger partial charge in [0.05, 0.1) is 31.5 Å². The number of nitrogens with zero attached hydrogens (tertiary/aromatic N) is 2. The first kappa shape index (κ1) is 32.1. The number of hydrogen-bond acceptors (Lipinski definition) is 9. The highest BCUT2D eigenvalue weighted by Gasteiger charge is 2.55. The zero-order valence-corrected chi connectivity index (χ0v) is 25.7. The summed E-state index contributed by atoms with van der Waals surface area (Å²) in [5, 5.41) is 6.97. The summed E-state index contributed by atoms with van der Waals surface area (Å²) in [6, 6.07) is -1.86. The van der Waals surface area contributed by atoms with Crippen molar-refractivity contribution in [1.29, 1.82) is 0 Å². The number of oxime groups is 1. The van der Waals surface area contributed by atoms with E-state index in [-0.39, 0.29) is 43.6 Å². The van der Waals surface area contributed by atoms with Gasteiger partial charge in [0.25, 0.3) is 0 Å². The van der Waals surface area contributed by atoms with Crippen LogP contribution in [-0.2, 0) is 33.5 Å². The van der Waals surface area contributed by atoms with Crippen LogP contribution in [0.1, 0.15) is 98.8 Å². The van der Waals surface area contributed by atoms with Crippen molar-refractivity contribution in [2.24, 2.45) is 22.4 Å².